The van der Waals surface area contributed by atoms with Crippen molar-refractivity contribution in [1.29, 1.82) is 0 Å². The molecule has 0 amide bonds. The van der Waals surface area contributed by atoms with Gasteiger partial charge in [-0.15, -0.1) is 0 Å². The number of carbonyl (C=O) groups is 1. The van der Waals surface area contributed by atoms with Crippen LogP contribution in [-0.2, 0) is 7.05 Å². The minimum absolute atomic E-state index is 0.0571. The minimum Gasteiger partial charge on any atom is -0.368 e. The van der Waals surface area contributed by atoms with Crippen molar-refractivity contribution in [3.63, 3.8) is 0 Å². The summed E-state index contributed by atoms with van der Waals surface area (Å²) in [5.74, 6) is 0.975. The van der Waals surface area contributed by atoms with E-state index in [9.17, 15) is 9.59 Å². The molecule has 10 heteroatoms. The van der Waals surface area contributed by atoms with E-state index >= 15 is 0 Å². The van der Waals surface area contributed by atoms with Gasteiger partial charge in [-0.05, 0) is 69.3 Å². The molecule has 0 aliphatic carbocycles. The molecule has 0 atom stereocenters. The van der Waals surface area contributed by atoms with Gasteiger partial charge in [0.25, 0.3) is 0 Å². The fourth-order valence-corrected chi connectivity index (χ4v) is 5.53. The molecule has 3 aromatic heterocycles. The largest absolute Gasteiger partial charge is 0.368 e. The van der Waals surface area contributed by atoms with Gasteiger partial charge >= 0.3 is 5.69 Å². The normalized spacial score (nSPS) is 17.0. The molecular formula is C27H32N8O2. The maximum absolute atomic E-state index is 13.7. The topological polar surface area (TPSA) is 93.2 Å². The zero-order valence-electron chi connectivity index (χ0n) is 21.3. The average Bonchev–Trinajstić information content (AvgIpc) is 3.48. The number of aromatic nitrogens is 5. The number of hydrogen-bond acceptors (Lipinski definition) is 7. The highest BCUT2D eigenvalue weighted by atomic mass is 16.2. The number of piperidine rings is 1. The second-order valence-electron chi connectivity index (χ2n) is 9.93. The fourth-order valence-electron chi connectivity index (χ4n) is 5.53. The number of Topliss-reactive ketones (excluding diaryl/α,β-unsaturated/α-hetero) is 1. The number of nitrogens with one attached hydrogen (secondary N) is 1. The van der Waals surface area contributed by atoms with Crippen molar-refractivity contribution >= 4 is 28.5 Å². The van der Waals surface area contributed by atoms with Crippen molar-refractivity contribution in [2.45, 2.75) is 25.8 Å². The van der Waals surface area contributed by atoms with Crippen LogP contribution in [0.3, 0.4) is 0 Å². The first-order chi connectivity index (χ1) is 18.0. The molecule has 2 aliphatic rings. The maximum atomic E-state index is 13.7. The second-order valence-corrected chi connectivity index (χ2v) is 9.93. The SMILES string of the molecule is CC(=O)c1ccc(N2CCN(c3ccc4c(n3)n(C3CCNCC3)c(=O)n4-c3cnn(C)c3)CC2)cc1. The van der Waals surface area contributed by atoms with Crippen molar-refractivity contribution in [3.8, 4) is 5.69 Å². The number of anilines is 2. The maximum Gasteiger partial charge on any atom is 0.335 e. The van der Waals surface area contributed by atoms with Crippen LogP contribution in [0.25, 0.3) is 16.9 Å². The summed E-state index contributed by atoms with van der Waals surface area (Å²) in [5, 5.41) is 7.68. The number of piperazine rings is 1. The molecule has 0 saturated carbocycles. The minimum atomic E-state index is -0.0571. The Labute approximate surface area is 215 Å². The standard InChI is InChI=1S/C27H32N8O2/c1-19(36)20-3-5-21(6-4-20)32-13-15-33(16-14-32)25-8-7-24-26(30-25)35(22-9-11-28-12-10-22)27(37)34(24)23-17-29-31(2)18-23/h3-8,17-18,22,28H,9-16H2,1-2H3. The Bertz CT molecular complexity index is 1490. The monoisotopic (exact) mass is 500 g/mol. The Kier molecular flexibility index (Phi) is 6.03. The van der Waals surface area contributed by atoms with Crippen molar-refractivity contribution in [2.24, 2.45) is 7.05 Å². The number of aryl methyl sites for hydroxylation is 1. The third kappa shape index (κ3) is 4.31. The van der Waals surface area contributed by atoms with Gasteiger partial charge in [-0.1, -0.05) is 0 Å². The lowest BCUT2D eigenvalue weighted by atomic mass is 10.1. The van der Waals surface area contributed by atoms with Gasteiger partial charge in [0.2, 0.25) is 0 Å². The zero-order chi connectivity index (χ0) is 25.5. The number of carbonyl (C=O) groups excluding carboxylic acids is 1. The van der Waals surface area contributed by atoms with E-state index in [0.717, 1.165) is 86.0 Å². The lowest BCUT2D eigenvalue weighted by Crippen LogP contribution is -2.46. The average molecular weight is 501 g/mol. The van der Waals surface area contributed by atoms with E-state index in [1.807, 2.05) is 54.2 Å². The van der Waals surface area contributed by atoms with E-state index in [1.54, 1.807) is 22.4 Å². The predicted octanol–water partition coefficient (Wildman–Crippen LogP) is 2.37. The van der Waals surface area contributed by atoms with Crippen LogP contribution in [0, 0.1) is 0 Å². The highest BCUT2D eigenvalue weighted by molar-refractivity contribution is 5.94. The second kappa shape index (κ2) is 9.51. The van der Waals surface area contributed by atoms with Gasteiger partial charge in [-0.3, -0.25) is 18.6 Å². The number of benzene rings is 1. The molecule has 5 heterocycles. The Balaban J connectivity index is 1.31. The molecule has 0 radical (unpaired) electrons. The van der Waals surface area contributed by atoms with E-state index in [1.165, 1.54) is 0 Å². The summed E-state index contributed by atoms with van der Waals surface area (Å²) in [7, 11) is 1.86. The number of imidazole rings is 1. The molecule has 2 saturated heterocycles. The van der Waals surface area contributed by atoms with Crippen LogP contribution in [0.4, 0.5) is 11.5 Å². The molecule has 4 aromatic rings. The molecule has 0 bridgehead atoms. The number of nitrogens with zero attached hydrogens (tertiary/aromatic N) is 7. The molecule has 2 fully saturated rings. The zero-order valence-corrected chi connectivity index (χ0v) is 21.3. The molecule has 192 valence electrons. The lowest BCUT2D eigenvalue weighted by Gasteiger charge is -2.36. The molecule has 1 aromatic carbocycles. The van der Waals surface area contributed by atoms with Crippen LogP contribution in [0.2, 0.25) is 0 Å². The summed E-state index contributed by atoms with van der Waals surface area (Å²) >= 11 is 0. The molecule has 10 nitrogen and oxygen atoms in total. The Morgan fingerprint density at radius 2 is 1.65 bits per heavy atom. The van der Waals surface area contributed by atoms with Crippen molar-refractivity contribution in [1.82, 2.24) is 29.2 Å². The quantitative estimate of drug-likeness (QED) is 0.421. The van der Waals surface area contributed by atoms with E-state index in [2.05, 4.69) is 20.2 Å². The van der Waals surface area contributed by atoms with Crippen LogP contribution in [0.1, 0.15) is 36.2 Å². The van der Waals surface area contributed by atoms with Crippen LogP contribution in [-0.4, -0.2) is 69.0 Å². The molecule has 0 unspecified atom stereocenters. The summed E-state index contributed by atoms with van der Waals surface area (Å²) in [6.07, 6.45) is 5.39. The van der Waals surface area contributed by atoms with Crippen LogP contribution in [0.5, 0.6) is 0 Å². The number of pyridine rings is 1. The van der Waals surface area contributed by atoms with E-state index in [-0.39, 0.29) is 17.5 Å². The predicted molar refractivity (Wildman–Crippen MR) is 144 cm³/mol. The molecule has 0 spiro atoms. The van der Waals surface area contributed by atoms with Gasteiger partial charge < -0.3 is 15.1 Å². The highest BCUT2D eigenvalue weighted by Crippen LogP contribution is 2.27. The summed E-state index contributed by atoms with van der Waals surface area (Å²) in [5.41, 5.74) is 4.10. The number of hydrogen-bond donors (Lipinski definition) is 1. The van der Waals surface area contributed by atoms with Crippen molar-refractivity contribution in [3.05, 3.63) is 64.8 Å². The first-order valence-electron chi connectivity index (χ1n) is 12.9. The van der Waals surface area contributed by atoms with E-state index < -0.39 is 0 Å². The number of rotatable bonds is 5. The third-order valence-electron chi connectivity index (χ3n) is 7.57. The first kappa shape index (κ1) is 23.5. The molecule has 37 heavy (non-hydrogen) atoms. The number of fused-ring (bicyclic) bond motifs is 1. The van der Waals surface area contributed by atoms with Gasteiger partial charge in [0.1, 0.15) is 5.82 Å². The Hall–Kier alpha value is -3.92. The Morgan fingerprint density at radius 3 is 2.30 bits per heavy atom. The molecule has 2 aliphatic heterocycles. The molecular weight excluding hydrogens is 468 g/mol. The van der Waals surface area contributed by atoms with Crippen LogP contribution < -0.4 is 20.8 Å². The van der Waals surface area contributed by atoms with Crippen LogP contribution in [0.15, 0.2) is 53.6 Å². The fraction of sp³-hybridized carbons (Fsp3) is 0.407. The lowest BCUT2D eigenvalue weighted by molar-refractivity contribution is 0.101. The van der Waals surface area contributed by atoms with Gasteiger partial charge in [-0.25, -0.2) is 9.78 Å². The summed E-state index contributed by atoms with van der Waals surface area (Å²) in [4.78, 5) is 35.0. The van der Waals surface area contributed by atoms with Gasteiger partial charge in [0.05, 0.1) is 17.4 Å². The van der Waals surface area contributed by atoms with Crippen molar-refractivity contribution < 1.29 is 4.79 Å². The summed E-state index contributed by atoms with van der Waals surface area (Å²) in [6.45, 7) is 6.75. The molecule has 6 rings (SSSR count). The first-order valence-corrected chi connectivity index (χ1v) is 12.9. The van der Waals surface area contributed by atoms with Gasteiger partial charge in [0, 0.05) is 56.7 Å². The summed E-state index contributed by atoms with van der Waals surface area (Å²) in [6, 6.07) is 12.0. The smallest absolute Gasteiger partial charge is 0.335 e. The van der Waals surface area contributed by atoms with E-state index in [4.69, 9.17) is 4.98 Å². The Morgan fingerprint density at radius 1 is 0.946 bits per heavy atom. The summed E-state index contributed by atoms with van der Waals surface area (Å²) < 4.78 is 5.35. The van der Waals surface area contributed by atoms with E-state index in [0.29, 0.717) is 0 Å². The van der Waals surface area contributed by atoms with Crippen LogP contribution >= 0.6 is 0 Å². The van der Waals surface area contributed by atoms with Gasteiger partial charge in [0.15, 0.2) is 11.4 Å². The van der Waals surface area contributed by atoms with Crippen molar-refractivity contribution in [2.75, 3.05) is 49.1 Å². The highest BCUT2D eigenvalue weighted by Gasteiger charge is 2.26. The van der Waals surface area contributed by atoms with Gasteiger partial charge in [-0.2, -0.15) is 5.10 Å². The third-order valence-corrected chi connectivity index (χ3v) is 7.57. The molecule has 1 N–H and O–H groups in total. The number of ketones is 1.